The highest BCUT2D eigenvalue weighted by atomic mass is 32.2. The van der Waals surface area contributed by atoms with Crippen molar-refractivity contribution in [3.63, 3.8) is 0 Å². The third kappa shape index (κ3) is 4.17. The summed E-state index contributed by atoms with van der Waals surface area (Å²) in [4.78, 5) is 4.02. The van der Waals surface area contributed by atoms with Crippen molar-refractivity contribution in [1.82, 2.24) is 4.90 Å². The summed E-state index contributed by atoms with van der Waals surface area (Å²) < 4.78 is 22.6. The lowest BCUT2D eigenvalue weighted by Gasteiger charge is -2.22. The maximum absolute atomic E-state index is 11.3. The molecule has 0 atom stereocenters. The van der Waals surface area contributed by atoms with E-state index in [0.717, 1.165) is 18.8 Å². The summed E-state index contributed by atoms with van der Waals surface area (Å²) in [5.41, 5.74) is 6.81. The first kappa shape index (κ1) is 14.7. The van der Waals surface area contributed by atoms with E-state index in [0.29, 0.717) is 5.69 Å². The maximum atomic E-state index is 11.3. The second-order valence-corrected chi connectivity index (χ2v) is 6.09. The van der Waals surface area contributed by atoms with Crippen molar-refractivity contribution in [2.24, 2.45) is 5.14 Å². The third-order valence-electron chi connectivity index (χ3n) is 2.57. The highest BCUT2D eigenvalue weighted by Crippen LogP contribution is 2.22. The first-order chi connectivity index (χ1) is 8.20. The van der Waals surface area contributed by atoms with Crippen LogP contribution in [0.4, 0.5) is 11.4 Å². The molecule has 0 fully saturated rings. The lowest BCUT2D eigenvalue weighted by molar-refractivity contribution is 0.416. The SMILES string of the molecule is CN(C)CCN(C)c1cc(N)cc(S(N)(=O)=O)c1. The molecule has 0 radical (unpaired) electrons. The van der Waals surface area contributed by atoms with E-state index in [9.17, 15) is 8.42 Å². The van der Waals surface area contributed by atoms with Crippen LogP contribution in [0.15, 0.2) is 23.1 Å². The minimum absolute atomic E-state index is 0.0363. The summed E-state index contributed by atoms with van der Waals surface area (Å²) in [5, 5.41) is 5.11. The molecule has 0 aromatic heterocycles. The first-order valence-electron chi connectivity index (χ1n) is 5.49. The molecule has 0 amide bonds. The smallest absolute Gasteiger partial charge is 0.238 e. The van der Waals surface area contributed by atoms with Crippen molar-refractivity contribution in [2.75, 3.05) is 44.9 Å². The van der Waals surface area contributed by atoms with Gasteiger partial charge in [0.25, 0.3) is 0 Å². The molecule has 0 aliphatic heterocycles. The lowest BCUT2D eigenvalue weighted by Crippen LogP contribution is -2.28. The molecule has 0 aliphatic rings. The number of rotatable bonds is 5. The highest BCUT2D eigenvalue weighted by molar-refractivity contribution is 7.89. The van der Waals surface area contributed by atoms with Gasteiger partial charge < -0.3 is 15.5 Å². The Morgan fingerprint density at radius 3 is 2.22 bits per heavy atom. The molecule has 0 heterocycles. The summed E-state index contributed by atoms with van der Waals surface area (Å²) in [5.74, 6) is 0. The topological polar surface area (TPSA) is 92.7 Å². The molecular weight excluding hydrogens is 252 g/mol. The summed E-state index contributed by atoms with van der Waals surface area (Å²) >= 11 is 0. The fourth-order valence-corrected chi connectivity index (χ4v) is 2.05. The van der Waals surface area contributed by atoms with Crippen LogP contribution in [0.3, 0.4) is 0 Å². The number of benzene rings is 1. The van der Waals surface area contributed by atoms with E-state index >= 15 is 0 Å². The van der Waals surface area contributed by atoms with Gasteiger partial charge in [-0.3, -0.25) is 0 Å². The number of nitrogens with two attached hydrogens (primary N) is 2. The first-order valence-corrected chi connectivity index (χ1v) is 7.04. The van der Waals surface area contributed by atoms with E-state index in [-0.39, 0.29) is 4.90 Å². The Morgan fingerprint density at radius 1 is 1.11 bits per heavy atom. The molecule has 0 unspecified atom stereocenters. The van der Waals surface area contributed by atoms with E-state index in [2.05, 4.69) is 0 Å². The highest BCUT2D eigenvalue weighted by Gasteiger charge is 2.12. The summed E-state index contributed by atoms with van der Waals surface area (Å²) in [6.07, 6.45) is 0. The van der Waals surface area contributed by atoms with Crippen molar-refractivity contribution < 1.29 is 8.42 Å². The predicted octanol–water partition coefficient (Wildman–Crippen LogP) is -0.0860. The zero-order valence-electron chi connectivity index (χ0n) is 10.9. The normalized spacial score (nSPS) is 11.8. The van der Waals surface area contributed by atoms with Gasteiger partial charge in [0, 0.05) is 31.5 Å². The Kier molecular flexibility index (Phi) is 4.55. The van der Waals surface area contributed by atoms with Crippen LogP contribution in [0.1, 0.15) is 0 Å². The van der Waals surface area contributed by atoms with Crippen LogP contribution in [0, 0.1) is 0 Å². The van der Waals surface area contributed by atoms with E-state index in [4.69, 9.17) is 10.9 Å². The zero-order chi connectivity index (χ0) is 13.9. The van der Waals surface area contributed by atoms with Crippen LogP contribution < -0.4 is 15.8 Å². The summed E-state index contributed by atoms with van der Waals surface area (Å²) in [7, 11) is 2.10. The van der Waals surface area contributed by atoms with Gasteiger partial charge in [-0.15, -0.1) is 0 Å². The second kappa shape index (κ2) is 5.55. The molecule has 18 heavy (non-hydrogen) atoms. The van der Waals surface area contributed by atoms with Crippen LogP contribution in [-0.4, -0.2) is 47.6 Å². The number of hydrogen-bond acceptors (Lipinski definition) is 5. The van der Waals surface area contributed by atoms with Gasteiger partial charge in [0.15, 0.2) is 0 Å². The standard InChI is InChI=1S/C11H20N4O2S/c1-14(2)4-5-15(3)10-6-9(12)7-11(8-10)18(13,16)17/h6-8H,4-5,12H2,1-3H3,(H2,13,16,17). The number of nitrogens with zero attached hydrogens (tertiary/aromatic N) is 2. The van der Waals surface area contributed by atoms with Crippen molar-refractivity contribution in [3.05, 3.63) is 18.2 Å². The van der Waals surface area contributed by atoms with Gasteiger partial charge in [0.2, 0.25) is 10.0 Å². The second-order valence-electron chi connectivity index (χ2n) is 4.53. The van der Waals surface area contributed by atoms with Gasteiger partial charge in [-0.2, -0.15) is 0 Å². The van der Waals surface area contributed by atoms with E-state index in [1.165, 1.54) is 12.1 Å². The fraction of sp³-hybridized carbons (Fsp3) is 0.455. The minimum Gasteiger partial charge on any atom is -0.399 e. The Labute approximate surface area is 108 Å². The van der Waals surface area contributed by atoms with Gasteiger partial charge in [0.1, 0.15) is 0 Å². The number of anilines is 2. The number of primary sulfonamides is 1. The van der Waals surface area contributed by atoms with Crippen molar-refractivity contribution in [1.29, 1.82) is 0 Å². The monoisotopic (exact) mass is 272 g/mol. The third-order valence-corrected chi connectivity index (χ3v) is 3.46. The lowest BCUT2D eigenvalue weighted by atomic mass is 10.2. The fourth-order valence-electron chi connectivity index (χ4n) is 1.47. The molecule has 1 rings (SSSR count). The molecular formula is C11H20N4O2S. The minimum atomic E-state index is -3.73. The van der Waals surface area contributed by atoms with Crippen LogP contribution in [0.25, 0.3) is 0 Å². The predicted molar refractivity (Wildman–Crippen MR) is 74.1 cm³/mol. The van der Waals surface area contributed by atoms with Crippen LogP contribution in [-0.2, 0) is 10.0 Å². The van der Waals surface area contributed by atoms with E-state index < -0.39 is 10.0 Å². The summed E-state index contributed by atoms with van der Waals surface area (Å²) in [6.45, 7) is 1.62. The van der Waals surface area contributed by atoms with Crippen LogP contribution >= 0.6 is 0 Å². The molecule has 0 saturated carbocycles. The Hall–Kier alpha value is -1.31. The molecule has 4 N–H and O–H groups in total. The molecule has 0 spiro atoms. The Morgan fingerprint density at radius 2 is 1.72 bits per heavy atom. The van der Waals surface area contributed by atoms with E-state index in [1.807, 2.05) is 30.9 Å². The number of hydrogen-bond donors (Lipinski definition) is 2. The van der Waals surface area contributed by atoms with Gasteiger partial charge in [-0.25, -0.2) is 13.6 Å². The average molecular weight is 272 g/mol. The molecule has 1 aromatic rings. The molecule has 0 bridgehead atoms. The van der Waals surface area contributed by atoms with E-state index in [1.54, 1.807) is 6.07 Å². The largest absolute Gasteiger partial charge is 0.399 e. The number of sulfonamides is 1. The van der Waals surface area contributed by atoms with Gasteiger partial charge in [0.05, 0.1) is 4.90 Å². The molecule has 7 heteroatoms. The molecule has 6 nitrogen and oxygen atoms in total. The number of nitrogen functional groups attached to an aromatic ring is 1. The van der Waals surface area contributed by atoms with Gasteiger partial charge in [-0.05, 0) is 32.3 Å². The van der Waals surface area contributed by atoms with Gasteiger partial charge >= 0.3 is 0 Å². The zero-order valence-corrected chi connectivity index (χ0v) is 11.7. The van der Waals surface area contributed by atoms with Crippen molar-refractivity contribution in [2.45, 2.75) is 4.90 Å². The quantitative estimate of drug-likeness (QED) is 0.731. The maximum Gasteiger partial charge on any atom is 0.238 e. The molecule has 102 valence electrons. The van der Waals surface area contributed by atoms with Crippen molar-refractivity contribution in [3.8, 4) is 0 Å². The Balaban J connectivity index is 2.99. The van der Waals surface area contributed by atoms with Crippen molar-refractivity contribution >= 4 is 21.4 Å². The molecule has 0 saturated heterocycles. The summed E-state index contributed by atoms with van der Waals surface area (Å²) in [6, 6.07) is 4.62. The average Bonchev–Trinajstić information content (AvgIpc) is 2.23. The Bertz CT molecular complexity index is 514. The molecule has 0 aliphatic carbocycles. The number of likely N-dealkylation sites (N-methyl/N-ethyl adjacent to an activating group) is 2. The van der Waals surface area contributed by atoms with Gasteiger partial charge in [-0.1, -0.05) is 0 Å². The van der Waals surface area contributed by atoms with Crippen LogP contribution in [0.2, 0.25) is 0 Å². The molecule has 1 aromatic carbocycles. The van der Waals surface area contributed by atoms with Crippen LogP contribution in [0.5, 0.6) is 0 Å².